The maximum Gasteiger partial charge on any atom is 0.169 e. The van der Waals surface area contributed by atoms with Crippen molar-refractivity contribution in [1.29, 1.82) is 5.26 Å². The maximum atomic E-state index is 9.28. The number of ether oxygens (including phenoxy) is 2. The molecule has 0 aliphatic carbocycles. The van der Waals surface area contributed by atoms with E-state index in [-0.39, 0.29) is 0 Å². The molecule has 1 heterocycles. The quantitative estimate of drug-likeness (QED) is 0.826. The zero-order chi connectivity index (χ0) is 15.2. The van der Waals surface area contributed by atoms with Crippen LogP contribution in [0.1, 0.15) is 30.3 Å². The van der Waals surface area contributed by atoms with Crippen LogP contribution in [0.5, 0.6) is 17.2 Å². The molecule has 2 rings (SSSR count). The van der Waals surface area contributed by atoms with Crippen LogP contribution in [0.25, 0.3) is 0 Å². The number of aryl methyl sites for hydroxylation is 2. The van der Waals surface area contributed by atoms with Gasteiger partial charge < -0.3 is 9.47 Å². The number of benzene rings is 1. The van der Waals surface area contributed by atoms with E-state index in [1.807, 2.05) is 38.1 Å². The summed E-state index contributed by atoms with van der Waals surface area (Å²) in [7, 11) is 0. The fraction of sp³-hybridized carbons (Fsp3) is 0.294. The first kappa shape index (κ1) is 14.9. The summed E-state index contributed by atoms with van der Waals surface area (Å²) in [5.41, 5.74) is 1.93. The molecule has 0 spiro atoms. The highest BCUT2D eigenvalue weighted by atomic mass is 16.5. The molecule has 0 aliphatic rings. The molecule has 0 fully saturated rings. The smallest absolute Gasteiger partial charge is 0.169 e. The zero-order valence-corrected chi connectivity index (χ0v) is 12.5. The molecule has 0 amide bonds. The molecule has 0 bridgehead atoms. The monoisotopic (exact) mass is 282 g/mol. The van der Waals surface area contributed by atoms with Crippen LogP contribution in [0.3, 0.4) is 0 Å². The second kappa shape index (κ2) is 6.76. The van der Waals surface area contributed by atoms with E-state index in [4.69, 9.17) is 9.47 Å². The van der Waals surface area contributed by atoms with Gasteiger partial charge in [0.05, 0.1) is 12.3 Å². The van der Waals surface area contributed by atoms with Gasteiger partial charge in [-0.3, -0.25) is 4.98 Å². The molecular formula is C17H18N2O2. The van der Waals surface area contributed by atoms with Crippen LogP contribution < -0.4 is 9.47 Å². The number of nitrogens with zero attached hydrogens (tertiary/aromatic N) is 2. The van der Waals surface area contributed by atoms with Gasteiger partial charge in [0.25, 0.3) is 0 Å². The van der Waals surface area contributed by atoms with E-state index in [1.54, 1.807) is 13.0 Å². The van der Waals surface area contributed by atoms with Crippen molar-refractivity contribution in [3.8, 4) is 23.3 Å². The molecule has 4 nitrogen and oxygen atoms in total. The second-order valence-electron chi connectivity index (χ2n) is 4.73. The molecule has 0 aliphatic heterocycles. The van der Waals surface area contributed by atoms with Crippen molar-refractivity contribution in [3.63, 3.8) is 0 Å². The Balaban J connectivity index is 2.37. The van der Waals surface area contributed by atoms with Gasteiger partial charge in [0.15, 0.2) is 11.5 Å². The van der Waals surface area contributed by atoms with Crippen LogP contribution >= 0.6 is 0 Å². The Morgan fingerprint density at radius 1 is 1.14 bits per heavy atom. The van der Waals surface area contributed by atoms with Crippen LogP contribution in [0.2, 0.25) is 0 Å². The molecule has 0 atom stereocenters. The van der Waals surface area contributed by atoms with Gasteiger partial charge in [-0.1, -0.05) is 19.1 Å². The highest BCUT2D eigenvalue weighted by molar-refractivity contribution is 5.50. The van der Waals surface area contributed by atoms with Gasteiger partial charge in [-0.15, -0.1) is 0 Å². The topological polar surface area (TPSA) is 55.1 Å². The van der Waals surface area contributed by atoms with Crippen LogP contribution in [0.4, 0.5) is 0 Å². The summed E-state index contributed by atoms with van der Waals surface area (Å²) in [4.78, 5) is 4.28. The summed E-state index contributed by atoms with van der Waals surface area (Å²) in [6.45, 7) is 6.35. The predicted octanol–water partition coefficient (Wildman–Crippen LogP) is 4.15. The molecule has 0 N–H and O–H groups in total. The fourth-order valence-corrected chi connectivity index (χ4v) is 1.99. The lowest BCUT2D eigenvalue weighted by molar-refractivity contribution is 0.302. The van der Waals surface area contributed by atoms with Gasteiger partial charge >= 0.3 is 0 Å². The number of pyridine rings is 1. The van der Waals surface area contributed by atoms with E-state index >= 15 is 0 Å². The lowest BCUT2D eigenvalue weighted by atomic mass is 10.2. The third-order valence-electron chi connectivity index (χ3n) is 2.93. The molecule has 1 aromatic carbocycles. The lowest BCUT2D eigenvalue weighted by Crippen LogP contribution is -1.99. The van der Waals surface area contributed by atoms with Crippen LogP contribution in [0.15, 0.2) is 30.3 Å². The minimum absolute atomic E-state index is 0.450. The van der Waals surface area contributed by atoms with Crippen molar-refractivity contribution in [2.45, 2.75) is 27.2 Å². The summed E-state index contributed by atoms with van der Waals surface area (Å²) in [6.07, 6.45) is 0.922. The molecule has 4 heteroatoms. The molecule has 1 aromatic heterocycles. The Labute approximate surface area is 125 Å². The van der Waals surface area contributed by atoms with E-state index < -0.39 is 0 Å². The van der Waals surface area contributed by atoms with Gasteiger partial charge in [0, 0.05) is 11.8 Å². The number of aromatic nitrogens is 1. The highest BCUT2D eigenvalue weighted by Crippen LogP contribution is 2.33. The van der Waals surface area contributed by atoms with E-state index in [1.165, 1.54) is 0 Å². The number of nitriles is 1. The molecule has 2 aromatic rings. The Morgan fingerprint density at radius 2 is 1.86 bits per heavy atom. The minimum Gasteiger partial charge on any atom is -0.490 e. The van der Waals surface area contributed by atoms with Crippen molar-refractivity contribution in [3.05, 3.63) is 47.3 Å². The van der Waals surface area contributed by atoms with Gasteiger partial charge in [-0.05, 0) is 32.4 Å². The number of para-hydroxylation sites is 2. The summed E-state index contributed by atoms with van der Waals surface area (Å²) in [6, 6.07) is 11.4. The van der Waals surface area contributed by atoms with E-state index in [9.17, 15) is 5.26 Å². The van der Waals surface area contributed by atoms with Crippen molar-refractivity contribution in [1.82, 2.24) is 4.98 Å². The van der Waals surface area contributed by atoms with E-state index in [0.29, 0.717) is 35.1 Å². The van der Waals surface area contributed by atoms with E-state index in [0.717, 1.165) is 12.1 Å². The van der Waals surface area contributed by atoms with Crippen LogP contribution in [-0.4, -0.2) is 11.6 Å². The Morgan fingerprint density at radius 3 is 2.52 bits per heavy atom. The van der Waals surface area contributed by atoms with Crippen molar-refractivity contribution >= 4 is 0 Å². The van der Waals surface area contributed by atoms with Gasteiger partial charge in [-0.2, -0.15) is 5.26 Å². The van der Waals surface area contributed by atoms with Gasteiger partial charge in [0.1, 0.15) is 17.4 Å². The highest BCUT2D eigenvalue weighted by Gasteiger charge is 2.12. The summed E-state index contributed by atoms with van der Waals surface area (Å²) in [5, 5.41) is 9.28. The predicted molar refractivity (Wildman–Crippen MR) is 80.7 cm³/mol. The third-order valence-corrected chi connectivity index (χ3v) is 2.93. The SMILES string of the molecule is CCCOc1ccccc1Oc1cc(C)nc(C)c1C#N. The first-order valence-corrected chi connectivity index (χ1v) is 6.93. The number of rotatable bonds is 5. The van der Waals surface area contributed by atoms with Crippen molar-refractivity contribution in [2.75, 3.05) is 6.61 Å². The average molecular weight is 282 g/mol. The lowest BCUT2D eigenvalue weighted by Gasteiger charge is -2.13. The molecule has 108 valence electrons. The Kier molecular flexibility index (Phi) is 4.78. The largest absolute Gasteiger partial charge is 0.490 e. The number of hydrogen-bond donors (Lipinski definition) is 0. The van der Waals surface area contributed by atoms with E-state index in [2.05, 4.69) is 11.1 Å². The van der Waals surface area contributed by atoms with Crippen molar-refractivity contribution in [2.24, 2.45) is 0 Å². The molecule has 0 saturated heterocycles. The first-order valence-electron chi connectivity index (χ1n) is 6.93. The van der Waals surface area contributed by atoms with Gasteiger partial charge in [0.2, 0.25) is 0 Å². The normalized spacial score (nSPS) is 10.0. The maximum absolute atomic E-state index is 9.28. The number of hydrogen-bond acceptors (Lipinski definition) is 4. The van der Waals surface area contributed by atoms with Crippen LogP contribution in [0, 0.1) is 25.2 Å². The fourth-order valence-electron chi connectivity index (χ4n) is 1.99. The first-order chi connectivity index (χ1) is 10.2. The average Bonchev–Trinajstić information content (AvgIpc) is 2.46. The summed E-state index contributed by atoms with van der Waals surface area (Å²) >= 11 is 0. The third kappa shape index (κ3) is 3.51. The molecule has 0 radical (unpaired) electrons. The molecule has 0 unspecified atom stereocenters. The molecule has 21 heavy (non-hydrogen) atoms. The van der Waals surface area contributed by atoms with Crippen molar-refractivity contribution < 1.29 is 9.47 Å². The molecule has 0 saturated carbocycles. The summed E-state index contributed by atoms with van der Waals surface area (Å²) in [5.74, 6) is 1.79. The second-order valence-corrected chi connectivity index (χ2v) is 4.73. The Hall–Kier alpha value is -2.54. The molecular weight excluding hydrogens is 264 g/mol. The van der Waals surface area contributed by atoms with Crippen LogP contribution in [-0.2, 0) is 0 Å². The zero-order valence-electron chi connectivity index (χ0n) is 12.5. The van der Waals surface area contributed by atoms with Gasteiger partial charge in [-0.25, -0.2) is 0 Å². The Bertz CT molecular complexity index is 675. The minimum atomic E-state index is 0.450. The summed E-state index contributed by atoms with van der Waals surface area (Å²) < 4.78 is 11.6. The standard InChI is InChI=1S/C17H18N2O2/c1-4-9-20-15-7-5-6-8-16(15)21-17-10-12(2)19-13(3)14(17)11-18/h5-8,10H,4,9H2,1-3H3.